The second-order valence-electron chi connectivity index (χ2n) is 3.62. The number of nitrogens with one attached hydrogen (secondary N) is 1. The Morgan fingerprint density at radius 2 is 2.11 bits per heavy atom. The van der Waals surface area contributed by atoms with E-state index in [2.05, 4.69) is 31.2 Å². The van der Waals surface area contributed by atoms with Crippen molar-refractivity contribution in [1.29, 1.82) is 0 Å². The van der Waals surface area contributed by atoms with E-state index in [4.69, 9.17) is 4.74 Å². The standard InChI is InChI=1S/C13H14BrN3OS/c1-3-15-12-11(18-2)13(17-8-16-12)19-10-7-5-4-6-9(10)14/h4-8H,3H2,1-2H3,(H,15,16,17). The summed E-state index contributed by atoms with van der Waals surface area (Å²) in [4.78, 5) is 9.57. The van der Waals surface area contributed by atoms with E-state index in [0.29, 0.717) is 5.75 Å². The van der Waals surface area contributed by atoms with Crippen molar-refractivity contribution in [1.82, 2.24) is 9.97 Å². The van der Waals surface area contributed by atoms with Gasteiger partial charge in [0.05, 0.1) is 7.11 Å². The fourth-order valence-electron chi connectivity index (χ4n) is 1.54. The molecule has 19 heavy (non-hydrogen) atoms. The van der Waals surface area contributed by atoms with E-state index in [1.807, 2.05) is 31.2 Å². The molecular formula is C13H14BrN3OS. The SMILES string of the molecule is CCNc1ncnc(Sc2ccccc2Br)c1OC. The number of benzene rings is 1. The van der Waals surface area contributed by atoms with Gasteiger partial charge in [0.15, 0.2) is 11.6 Å². The maximum atomic E-state index is 5.42. The minimum atomic E-state index is 0.671. The molecule has 6 heteroatoms. The van der Waals surface area contributed by atoms with Crippen LogP contribution in [-0.4, -0.2) is 23.6 Å². The van der Waals surface area contributed by atoms with Gasteiger partial charge in [-0.05, 0) is 35.0 Å². The summed E-state index contributed by atoms with van der Waals surface area (Å²) in [7, 11) is 1.63. The van der Waals surface area contributed by atoms with Gasteiger partial charge in [-0.15, -0.1) is 0 Å². The van der Waals surface area contributed by atoms with Crippen molar-refractivity contribution in [2.45, 2.75) is 16.8 Å². The molecule has 0 aliphatic heterocycles. The number of aromatic nitrogens is 2. The molecule has 1 N–H and O–H groups in total. The maximum absolute atomic E-state index is 5.42. The van der Waals surface area contributed by atoms with Crippen molar-refractivity contribution >= 4 is 33.5 Å². The number of halogens is 1. The second-order valence-corrected chi connectivity index (χ2v) is 5.51. The van der Waals surface area contributed by atoms with Gasteiger partial charge < -0.3 is 10.1 Å². The summed E-state index contributed by atoms with van der Waals surface area (Å²) < 4.78 is 6.45. The van der Waals surface area contributed by atoms with E-state index < -0.39 is 0 Å². The van der Waals surface area contributed by atoms with Gasteiger partial charge in [0.1, 0.15) is 11.4 Å². The monoisotopic (exact) mass is 339 g/mol. The Morgan fingerprint density at radius 3 is 2.79 bits per heavy atom. The van der Waals surface area contributed by atoms with E-state index in [-0.39, 0.29) is 0 Å². The van der Waals surface area contributed by atoms with E-state index in [1.54, 1.807) is 25.2 Å². The largest absolute Gasteiger partial charge is 0.490 e. The van der Waals surface area contributed by atoms with Gasteiger partial charge >= 0.3 is 0 Å². The zero-order valence-electron chi connectivity index (χ0n) is 10.7. The molecule has 1 aromatic carbocycles. The van der Waals surface area contributed by atoms with Crippen molar-refractivity contribution in [3.8, 4) is 5.75 Å². The predicted molar refractivity (Wildman–Crippen MR) is 81.0 cm³/mol. The Balaban J connectivity index is 2.35. The Labute approximate surface area is 125 Å². The van der Waals surface area contributed by atoms with Crippen molar-refractivity contribution < 1.29 is 4.74 Å². The summed E-state index contributed by atoms with van der Waals surface area (Å²) in [6, 6.07) is 8.01. The molecule has 0 aliphatic rings. The molecule has 0 amide bonds. The lowest BCUT2D eigenvalue weighted by Crippen LogP contribution is -2.03. The first-order valence-corrected chi connectivity index (χ1v) is 7.42. The quantitative estimate of drug-likeness (QED) is 0.838. The number of hydrogen-bond donors (Lipinski definition) is 1. The molecule has 0 unspecified atom stereocenters. The Bertz CT molecular complexity index is 565. The average molecular weight is 340 g/mol. The van der Waals surface area contributed by atoms with Crippen molar-refractivity contribution in [3.63, 3.8) is 0 Å². The highest BCUT2D eigenvalue weighted by Gasteiger charge is 2.13. The minimum Gasteiger partial charge on any atom is -0.490 e. The van der Waals surface area contributed by atoms with Crippen LogP contribution in [0.2, 0.25) is 0 Å². The summed E-state index contributed by atoms with van der Waals surface area (Å²) in [5.41, 5.74) is 0. The molecule has 0 fully saturated rings. The third-order valence-electron chi connectivity index (χ3n) is 2.36. The molecular weight excluding hydrogens is 326 g/mol. The van der Waals surface area contributed by atoms with E-state index in [0.717, 1.165) is 26.8 Å². The van der Waals surface area contributed by atoms with Gasteiger partial charge in [0, 0.05) is 15.9 Å². The molecule has 0 spiro atoms. The molecule has 2 aromatic rings. The van der Waals surface area contributed by atoms with Crippen LogP contribution in [0.1, 0.15) is 6.92 Å². The van der Waals surface area contributed by atoms with Gasteiger partial charge in [-0.3, -0.25) is 0 Å². The van der Waals surface area contributed by atoms with Crippen LogP contribution in [0.3, 0.4) is 0 Å². The smallest absolute Gasteiger partial charge is 0.194 e. The summed E-state index contributed by atoms with van der Waals surface area (Å²) in [5, 5.41) is 3.96. The molecule has 100 valence electrons. The van der Waals surface area contributed by atoms with Crippen LogP contribution < -0.4 is 10.1 Å². The van der Waals surface area contributed by atoms with Gasteiger partial charge in [-0.25, -0.2) is 9.97 Å². The summed E-state index contributed by atoms with van der Waals surface area (Å²) >= 11 is 5.07. The lowest BCUT2D eigenvalue weighted by Gasteiger charge is -2.12. The van der Waals surface area contributed by atoms with Crippen LogP contribution in [0.5, 0.6) is 5.75 Å². The summed E-state index contributed by atoms with van der Waals surface area (Å²) in [6.07, 6.45) is 1.54. The van der Waals surface area contributed by atoms with Crippen LogP contribution in [0.25, 0.3) is 0 Å². The average Bonchev–Trinajstić information content (AvgIpc) is 2.42. The number of nitrogens with zero attached hydrogens (tertiary/aromatic N) is 2. The van der Waals surface area contributed by atoms with Gasteiger partial charge in [-0.1, -0.05) is 23.9 Å². The van der Waals surface area contributed by atoms with Crippen molar-refractivity contribution in [2.75, 3.05) is 19.0 Å². The topological polar surface area (TPSA) is 47.0 Å². The van der Waals surface area contributed by atoms with Crippen LogP contribution >= 0.6 is 27.7 Å². The Kier molecular flexibility index (Phi) is 5.04. The lowest BCUT2D eigenvalue weighted by atomic mass is 10.4. The summed E-state index contributed by atoms with van der Waals surface area (Å²) in [6.45, 7) is 2.80. The predicted octanol–water partition coefficient (Wildman–Crippen LogP) is 3.83. The normalized spacial score (nSPS) is 10.3. The molecule has 2 rings (SSSR count). The van der Waals surface area contributed by atoms with E-state index >= 15 is 0 Å². The molecule has 1 heterocycles. The Morgan fingerprint density at radius 1 is 1.32 bits per heavy atom. The fourth-order valence-corrected chi connectivity index (χ4v) is 2.96. The Hall–Kier alpha value is -1.27. The van der Waals surface area contributed by atoms with E-state index in [9.17, 15) is 0 Å². The van der Waals surface area contributed by atoms with Crippen LogP contribution in [0.15, 0.2) is 45.0 Å². The first-order valence-electron chi connectivity index (χ1n) is 5.81. The zero-order chi connectivity index (χ0) is 13.7. The first-order chi connectivity index (χ1) is 9.26. The number of hydrogen-bond acceptors (Lipinski definition) is 5. The van der Waals surface area contributed by atoms with Crippen LogP contribution in [-0.2, 0) is 0 Å². The summed E-state index contributed by atoms with van der Waals surface area (Å²) in [5.74, 6) is 1.39. The lowest BCUT2D eigenvalue weighted by molar-refractivity contribution is 0.400. The highest BCUT2D eigenvalue weighted by molar-refractivity contribution is 9.10. The van der Waals surface area contributed by atoms with Crippen LogP contribution in [0.4, 0.5) is 5.82 Å². The number of anilines is 1. The van der Waals surface area contributed by atoms with Gasteiger partial charge in [0.25, 0.3) is 0 Å². The minimum absolute atomic E-state index is 0.671. The number of methoxy groups -OCH3 is 1. The number of ether oxygens (including phenoxy) is 1. The first kappa shape index (κ1) is 14.1. The molecule has 0 bridgehead atoms. The van der Waals surface area contributed by atoms with Crippen molar-refractivity contribution in [3.05, 3.63) is 35.1 Å². The molecule has 0 radical (unpaired) electrons. The maximum Gasteiger partial charge on any atom is 0.194 e. The highest BCUT2D eigenvalue weighted by atomic mass is 79.9. The molecule has 0 saturated heterocycles. The van der Waals surface area contributed by atoms with Crippen molar-refractivity contribution in [2.24, 2.45) is 0 Å². The third-order valence-corrected chi connectivity index (χ3v) is 4.38. The van der Waals surface area contributed by atoms with Gasteiger partial charge in [-0.2, -0.15) is 0 Å². The second kappa shape index (κ2) is 6.77. The van der Waals surface area contributed by atoms with Gasteiger partial charge in [0.2, 0.25) is 0 Å². The zero-order valence-corrected chi connectivity index (χ0v) is 13.1. The highest BCUT2D eigenvalue weighted by Crippen LogP contribution is 2.39. The molecule has 1 aromatic heterocycles. The van der Waals surface area contributed by atoms with E-state index in [1.165, 1.54) is 0 Å². The number of rotatable bonds is 5. The fraction of sp³-hybridized carbons (Fsp3) is 0.231. The molecule has 4 nitrogen and oxygen atoms in total. The molecule has 0 atom stereocenters. The third kappa shape index (κ3) is 3.39. The molecule has 0 saturated carbocycles. The molecule has 0 aliphatic carbocycles. The van der Waals surface area contributed by atoms with Crippen LogP contribution in [0, 0.1) is 0 Å².